The molecule has 0 saturated heterocycles. The molecule has 0 aromatic carbocycles. The van der Waals surface area contributed by atoms with E-state index < -0.39 is 6.10 Å². The summed E-state index contributed by atoms with van der Waals surface area (Å²) in [6.45, 7) is 1.88. The molecule has 4 heteroatoms. The lowest BCUT2D eigenvalue weighted by molar-refractivity contribution is 0.183. The molecule has 0 fully saturated rings. The third kappa shape index (κ3) is 2.11. The van der Waals surface area contributed by atoms with Crippen molar-refractivity contribution in [1.82, 2.24) is 4.98 Å². The molecule has 0 aliphatic rings. The Bertz CT molecular complexity index is 467. The van der Waals surface area contributed by atoms with Crippen LogP contribution in [0.5, 0.6) is 0 Å². The number of furan rings is 1. The number of halogens is 1. The molecule has 1 unspecified atom stereocenters. The van der Waals surface area contributed by atoms with Gasteiger partial charge < -0.3 is 9.52 Å². The minimum absolute atomic E-state index is 0.480. The fraction of sp³-hybridized carbons (Fsp3) is 0.182. The number of rotatable bonds is 2. The monoisotopic (exact) mass is 267 g/mol. The van der Waals surface area contributed by atoms with Gasteiger partial charge in [0.15, 0.2) is 11.9 Å². The summed E-state index contributed by atoms with van der Waals surface area (Å²) in [6, 6.07) is 7.26. The Balaban J connectivity index is 2.36. The van der Waals surface area contributed by atoms with Gasteiger partial charge in [0, 0.05) is 5.69 Å². The molecule has 0 aliphatic heterocycles. The molecule has 2 heterocycles. The summed E-state index contributed by atoms with van der Waals surface area (Å²) in [7, 11) is 0. The van der Waals surface area contributed by atoms with Crippen LogP contribution in [0.25, 0.3) is 0 Å². The van der Waals surface area contributed by atoms with Gasteiger partial charge in [0.05, 0.1) is 16.4 Å². The van der Waals surface area contributed by atoms with E-state index in [9.17, 15) is 5.11 Å². The molecule has 2 aromatic rings. The van der Waals surface area contributed by atoms with Crippen molar-refractivity contribution in [2.75, 3.05) is 0 Å². The van der Waals surface area contributed by atoms with Gasteiger partial charge in [-0.2, -0.15) is 0 Å². The third-order valence-electron chi connectivity index (χ3n) is 2.08. The van der Waals surface area contributed by atoms with Crippen molar-refractivity contribution in [3.63, 3.8) is 0 Å². The first-order chi connectivity index (χ1) is 7.18. The molecule has 0 aliphatic carbocycles. The average molecular weight is 268 g/mol. The summed E-state index contributed by atoms with van der Waals surface area (Å²) in [5.74, 6) is 0.480. The molecule has 0 amide bonds. The van der Waals surface area contributed by atoms with E-state index in [-0.39, 0.29) is 0 Å². The highest BCUT2D eigenvalue weighted by Gasteiger charge is 2.18. The molecule has 0 bridgehead atoms. The van der Waals surface area contributed by atoms with Crippen LogP contribution in [0, 0.1) is 6.92 Å². The summed E-state index contributed by atoms with van der Waals surface area (Å²) in [4.78, 5) is 4.24. The standard InChI is InChI=1S/C11H10BrNO2/c1-7-3-2-4-9(13-7)10(14)11-8(12)5-6-15-11/h2-6,10,14H,1H3. The van der Waals surface area contributed by atoms with Gasteiger partial charge in [0.2, 0.25) is 0 Å². The number of aliphatic hydroxyl groups is 1. The average Bonchev–Trinajstić information content (AvgIpc) is 2.63. The molecule has 2 rings (SSSR count). The van der Waals surface area contributed by atoms with Gasteiger partial charge in [-0.05, 0) is 41.1 Å². The lowest BCUT2D eigenvalue weighted by atomic mass is 10.2. The highest BCUT2D eigenvalue weighted by molar-refractivity contribution is 9.10. The van der Waals surface area contributed by atoms with Crippen LogP contribution in [-0.2, 0) is 0 Å². The molecule has 0 radical (unpaired) electrons. The van der Waals surface area contributed by atoms with E-state index in [1.54, 1.807) is 12.1 Å². The van der Waals surface area contributed by atoms with Crippen LogP contribution in [0.15, 0.2) is 39.4 Å². The minimum Gasteiger partial charge on any atom is -0.465 e. The van der Waals surface area contributed by atoms with Crippen molar-refractivity contribution in [3.05, 3.63) is 52.1 Å². The first-order valence-electron chi connectivity index (χ1n) is 4.53. The van der Waals surface area contributed by atoms with Crippen LogP contribution in [0.1, 0.15) is 23.3 Å². The number of nitrogens with zero attached hydrogens (tertiary/aromatic N) is 1. The molecule has 1 N–H and O–H groups in total. The zero-order valence-electron chi connectivity index (χ0n) is 8.14. The molecule has 0 saturated carbocycles. The first-order valence-corrected chi connectivity index (χ1v) is 5.32. The third-order valence-corrected chi connectivity index (χ3v) is 2.74. The second-order valence-corrected chi connectivity index (χ2v) is 4.09. The van der Waals surface area contributed by atoms with Crippen LogP contribution in [0.4, 0.5) is 0 Å². The van der Waals surface area contributed by atoms with Gasteiger partial charge in [0.25, 0.3) is 0 Å². The van der Waals surface area contributed by atoms with Crippen molar-refractivity contribution < 1.29 is 9.52 Å². The number of aromatic nitrogens is 1. The summed E-state index contributed by atoms with van der Waals surface area (Å²) in [5.41, 5.74) is 1.46. The molecule has 0 spiro atoms. The predicted molar refractivity (Wildman–Crippen MR) is 59.4 cm³/mol. The molecule has 3 nitrogen and oxygen atoms in total. The van der Waals surface area contributed by atoms with Crippen molar-refractivity contribution in [2.45, 2.75) is 13.0 Å². The van der Waals surface area contributed by atoms with Gasteiger partial charge in [-0.3, -0.25) is 4.98 Å². The number of hydrogen-bond acceptors (Lipinski definition) is 3. The van der Waals surface area contributed by atoms with E-state index in [4.69, 9.17) is 4.42 Å². The van der Waals surface area contributed by atoms with Crippen LogP contribution in [-0.4, -0.2) is 10.1 Å². The molecule has 15 heavy (non-hydrogen) atoms. The Labute approximate surface area is 95.9 Å². The SMILES string of the molecule is Cc1cccc(C(O)c2occc2Br)n1. The maximum atomic E-state index is 10.00. The summed E-state index contributed by atoms with van der Waals surface area (Å²) in [6.07, 6.45) is 0.701. The topological polar surface area (TPSA) is 46.3 Å². The predicted octanol–water partition coefficient (Wildman–Crippen LogP) is 2.83. The van der Waals surface area contributed by atoms with Gasteiger partial charge in [-0.25, -0.2) is 0 Å². The Kier molecular flexibility index (Phi) is 2.88. The Morgan fingerprint density at radius 2 is 2.20 bits per heavy atom. The molecule has 78 valence electrons. The van der Waals surface area contributed by atoms with Crippen LogP contribution in [0.2, 0.25) is 0 Å². The molecule has 2 aromatic heterocycles. The summed E-state index contributed by atoms with van der Waals surface area (Å²) < 4.78 is 5.93. The summed E-state index contributed by atoms with van der Waals surface area (Å²) in [5, 5.41) is 10.00. The number of aliphatic hydroxyl groups excluding tert-OH is 1. The Hall–Kier alpha value is -1.13. The largest absolute Gasteiger partial charge is 0.465 e. The van der Waals surface area contributed by atoms with E-state index in [2.05, 4.69) is 20.9 Å². The fourth-order valence-corrected chi connectivity index (χ4v) is 1.77. The Morgan fingerprint density at radius 1 is 1.40 bits per heavy atom. The van der Waals surface area contributed by atoms with E-state index in [0.29, 0.717) is 11.5 Å². The lowest BCUT2D eigenvalue weighted by Gasteiger charge is -2.08. The number of hydrogen-bond donors (Lipinski definition) is 1. The normalized spacial score (nSPS) is 12.7. The minimum atomic E-state index is -0.825. The zero-order chi connectivity index (χ0) is 10.8. The van der Waals surface area contributed by atoms with Crippen molar-refractivity contribution >= 4 is 15.9 Å². The van der Waals surface area contributed by atoms with Gasteiger partial charge in [-0.15, -0.1) is 0 Å². The lowest BCUT2D eigenvalue weighted by Crippen LogP contribution is -2.02. The van der Waals surface area contributed by atoms with Gasteiger partial charge >= 0.3 is 0 Å². The van der Waals surface area contributed by atoms with E-state index in [1.807, 2.05) is 19.1 Å². The van der Waals surface area contributed by atoms with E-state index in [1.165, 1.54) is 6.26 Å². The second kappa shape index (κ2) is 4.16. The molecular formula is C11H10BrNO2. The van der Waals surface area contributed by atoms with E-state index >= 15 is 0 Å². The maximum Gasteiger partial charge on any atom is 0.155 e. The van der Waals surface area contributed by atoms with Crippen molar-refractivity contribution in [1.29, 1.82) is 0 Å². The number of pyridine rings is 1. The first kappa shape index (κ1) is 10.4. The van der Waals surface area contributed by atoms with Crippen molar-refractivity contribution in [3.8, 4) is 0 Å². The van der Waals surface area contributed by atoms with Gasteiger partial charge in [0.1, 0.15) is 0 Å². The number of aryl methyl sites for hydroxylation is 1. The molecule has 1 atom stereocenters. The van der Waals surface area contributed by atoms with Crippen LogP contribution >= 0.6 is 15.9 Å². The van der Waals surface area contributed by atoms with Crippen LogP contribution in [0.3, 0.4) is 0 Å². The quantitative estimate of drug-likeness (QED) is 0.910. The van der Waals surface area contributed by atoms with Crippen LogP contribution < -0.4 is 0 Å². The highest BCUT2D eigenvalue weighted by Crippen LogP contribution is 2.28. The second-order valence-electron chi connectivity index (χ2n) is 3.24. The summed E-state index contributed by atoms with van der Waals surface area (Å²) >= 11 is 3.30. The maximum absolute atomic E-state index is 10.00. The Morgan fingerprint density at radius 3 is 2.80 bits per heavy atom. The zero-order valence-corrected chi connectivity index (χ0v) is 9.73. The highest BCUT2D eigenvalue weighted by atomic mass is 79.9. The van der Waals surface area contributed by atoms with E-state index in [0.717, 1.165) is 10.2 Å². The fourth-order valence-electron chi connectivity index (χ4n) is 1.35. The molecular weight excluding hydrogens is 258 g/mol. The smallest absolute Gasteiger partial charge is 0.155 e. The van der Waals surface area contributed by atoms with Crippen molar-refractivity contribution in [2.24, 2.45) is 0 Å². The van der Waals surface area contributed by atoms with Gasteiger partial charge in [-0.1, -0.05) is 6.07 Å².